The molecule has 0 aromatic carbocycles. The zero-order chi connectivity index (χ0) is 5.98. The Hall–Kier alpha value is -1.08. The molecular formula is C4H5N3O. The lowest BCUT2D eigenvalue weighted by Crippen LogP contribution is -2.12. The molecule has 0 aliphatic carbocycles. The van der Waals surface area contributed by atoms with Crippen molar-refractivity contribution in [3.05, 3.63) is 5.21 Å². The van der Waals surface area contributed by atoms with Gasteiger partial charge < -0.3 is 5.21 Å². The highest BCUT2D eigenvalue weighted by atomic mass is 16.5. The van der Waals surface area contributed by atoms with Crippen LogP contribution in [0.2, 0.25) is 0 Å². The topological polar surface area (TPSA) is 61.9 Å². The molecule has 1 aliphatic heterocycles. The third kappa shape index (κ3) is 0.634. The Morgan fingerprint density at radius 1 is 1.88 bits per heavy atom. The van der Waals surface area contributed by atoms with Crippen LogP contribution in [0.3, 0.4) is 0 Å². The second-order valence-electron chi connectivity index (χ2n) is 1.52. The van der Waals surface area contributed by atoms with E-state index < -0.39 is 0 Å². The van der Waals surface area contributed by atoms with Crippen molar-refractivity contribution in [3.8, 4) is 6.07 Å². The summed E-state index contributed by atoms with van der Waals surface area (Å²) in [5.41, 5.74) is 0.269. The standard InChI is InChI=1S/C4H5N3O/c5-1-4-2-6-3-7(4)8/h6H,2-3H2. The number of nitrogens with zero attached hydrogens (tertiary/aromatic N) is 2. The summed E-state index contributed by atoms with van der Waals surface area (Å²) in [7, 11) is 0. The van der Waals surface area contributed by atoms with Gasteiger partial charge in [-0.2, -0.15) is 10.0 Å². The predicted molar refractivity (Wildman–Crippen MR) is 27.1 cm³/mol. The highest BCUT2D eigenvalue weighted by Gasteiger charge is 2.14. The lowest BCUT2D eigenvalue weighted by molar-refractivity contribution is -0.451. The molecule has 0 aromatic heterocycles. The van der Waals surface area contributed by atoms with E-state index in [2.05, 4.69) is 5.32 Å². The number of hydrogen-bond acceptors (Lipinski definition) is 3. The third-order valence-electron chi connectivity index (χ3n) is 0.978. The number of rotatable bonds is 0. The van der Waals surface area contributed by atoms with Gasteiger partial charge in [-0.1, -0.05) is 0 Å². The second-order valence-corrected chi connectivity index (χ2v) is 1.52. The van der Waals surface area contributed by atoms with Crippen LogP contribution in [0.15, 0.2) is 0 Å². The predicted octanol–water partition coefficient (Wildman–Crippen LogP) is -0.978. The number of nitriles is 1. The summed E-state index contributed by atoms with van der Waals surface area (Å²) in [5, 5.41) is 21.3. The van der Waals surface area contributed by atoms with Crippen LogP contribution in [0.4, 0.5) is 0 Å². The zero-order valence-electron chi connectivity index (χ0n) is 4.22. The summed E-state index contributed by atoms with van der Waals surface area (Å²) < 4.78 is 0.653. The normalized spacial score (nSPS) is 18.9. The van der Waals surface area contributed by atoms with Crippen LogP contribution in [0, 0.1) is 16.5 Å². The highest BCUT2D eigenvalue weighted by Crippen LogP contribution is 1.81. The molecule has 0 fully saturated rings. The first-order valence-corrected chi connectivity index (χ1v) is 2.26. The van der Waals surface area contributed by atoms with Crippen LogP contribution in [-0.4, -0.2) is 23.7 Å². The van der Waals surface area contributed by atoms with E-state index in [4.69, 9.17) is 5.26 Å². The molecule has 4 heteroatoms. The Bertz CT molecular complexity index is 167. The van der Waals surface area contributed by atoms with Crippen LogP contribution < -0.4 is 5.32 Å². The van der Waals surface area contributed by atoms with Crippen molar-refractivity contribution >= 4 is 5.71 Å². The van der Waals surface area contributed by atoms with E-state index in [1.807, 2.05) is 0 Å². The van der Waals surface area contributed by atoms with Gasteiger partial charge in [-0.25, -0.2) is 5.32 Å². The zero-order valence-corrected chi connectivity index (χ0v) is 4.22. The Morgan fingerprint density at radius 3 is 2.88 bits per heavy atom. The van der Waals surface area contributed by atoms with Crippen molar-refractivity contribution in [2.45, 2.75) is 0 Å². The fourth-order valence-corrected chi connectivity index (χ4v) is 0.555. The first kappa shape index (κ1) is 5.06. The van der Waals surface area contributed by atoms with Gasteiger partial charge in [0.2, 0.25) is 6.67 Å². The Labute approximate surface area is 46.6 Å². The monoisotopic (exact) mass is 111 g/mol. The quantitative estimate of drug-likeness (QED) is 0.323. The van der Waals surface area contributed by atoms with Crippen LogP contribution in [-0.2, 0) is 0 Å². The fraction of sp³-hybridized carbons (Fsp3) is 0.500. The van der Waals surface area contributed by atoms with Crippen molar-refractivity contribution < 1.29 is 4.74 Å². The first-order valence-electron chi connectivity index (χ1n) is 2.26. The fourth-order valence-electron chi connectivity index (χ4n) is 0.555. The van der Waals surface area contributed by atoms with E-state index in [9.17, 15) is 5.21 Å². The largest absolute Gasteiger partial charge is 0.622 e. The number of nitrogens with one attached hydrogen (secondary N) is 1. The minimum absolute atomic E-state index is 0.253. The van der Waals surface area contributed by atoms with E-state index in [1.54, 1.807) is 6.07 Å². The SMILES string of the molecule is N#CC1=[N+]([O-])CNC1. The summed E-state index contributed by atoms with van der Waals surface area (Å²) >= 11 is 0. The van der Waals surface area contributed by atoms with Gasteiger partial charge in [0.25, 0.3) is 5.71 Å². The minimum Gasteiger partial charge on any atom is -0.622 e. The van der Waals surface area contributed by atoms with Gasteiger partial charge in [-0.3, -0.25) is 0 Å². The second kappa shape index (κ2) is 1.80. The molecule has 0 spiro atoms. The summed E-state index contributed by atoms with van der Waals surface area (Å²) in [6.07, 6.45) is 0. The Morgan fingerprint density at radius 2 is 2.62 bits per heavy atom. The lowest BCUT2D eigenvalue weighted by atomic mass is 10.4. The van der Waals surface area contributed by atoms with Gasteiger partial charge in [0.15, 0.2) is 6.07 Å². The van der Waals surface area contributed by atoms with Crippen molar-refractivity contribution in [2.75, 3.05) is 13.2 Å². The molecule has 0 atom stereocenters. The molecular weight excluding hydrogens is 106 g/mol. The molecule has 0 bridgehead atoms. The molecule has 0 unspecified atom stereocenters. The molecule has 0 aromatic rings. The molecule has 1 heterocycles. The molecule has 1 aliphatic rings. The van der Waals surface area contributed by atoms with E-state index >= 15 is 0 Å². The summed E-state index contributed by atoms with van der Waals surface area (Å²) in [4.78, 5) is 0. The first-order chi connectivity index (χ1) is 3.84. The van der Waals surface area contributed by atoms with Crippen LogP contribution >= 0.6 is 0 Å². The number of hydroxylamine groups is 1. The molecule has 0 saturated heterocycles. The summed E-state index contributed by atoms with van der Waals surface area (Å²) in [5.74, 6) is 0. The maximum Gasteiger partial charge on any atom is 0.280 e. The lowest BCUT2D eigenvalue weighted by Gasteiger charge is -1.91. The molecule has 1 rings (SSSR count). The molecule has 4 nitrogen and oxygen atoms in total. The van der Waals surface area contributed by atoms with Crippen molar-refractivity contribution in [1.82, 2.24) is 5.32 Å². The molecule has 1 N–H and O–H groups in total. The van der Waals surface area contributed by atoms with Crippen molar-refractivity contribution in [3.63, 3.8) is 0 Å². The number of hydrogen-bond donors (Lipinski definition) is 1. The molecule has 0 amide bonds. The smallest absolute Gasteiger partial charge is 0.280 e. The molecule has 0 radical (unpaired) electrons. The maximum absolute atomic E-state index is 10.4. The van der Waals surface area contributed by atoms with Crippen LogP contribution in [0.1, 0.15) is 0 Å². The summed E-state index contributed by atoms with van der Waals surface area (Å²) in [6.45, 7) is 0.670. The maximum atomic E-state index is 10.4. The molecule has 8 heavy (non-hydrogen) atoms. The molecule has 0 saturated carbocycles. The minimum atomic E-state index is 0.253. The van der Waals surface area contributed by atoms with E-state index in [1.165, 1.54) is 0 Å². The van der Waals surface area contributed by atoms with Gasteiger partial charge >= 0.3 is 0 Å². The van der Waals surface area contributed by atoms with Crippen LogP contribution in [0.25, 0.3) is 0 Å². The van der Waals surface area contributed by atoms with Crippen LogP contribution in [0.5, 0.6) is 0 Å². The van der Waals surface area contributed by atoms with E-state index in [0.29, 0.717) is 11.3 Å². The van der Waals surface area contributed by atoms with Gasteiger partial charge in [-0.05, 0) is 0 Å². The van der Waals surface area contributed by atoms with Gasteiger partial charge in [0.1, 0.15) is 0 Å². The third-order valence-corrected chi connectivity index (χ3v) is 0.978. The Kier molecular flexibility index (Phi) is 1.14. The average Bonchev–Trinajstić information content (AvgIpc) is 2.14. The van der Waals surface area contributed by atoms with Crippen molar-refractivity contribution in [1.29, 1.82) is 5.26 Å². The van der Waals surface area contributed by atoms with E-state index in [-0.39, 0.29) is 12.4 Å². The molecule has 42 valence electrons. The van der Waals surface area contributed by atoms with Crippen molar-refractivity contribution in [2.24, 2.45) is 0 Å². The van der Waals surface area contributed by atoms with Gasteiger partial charge in [-0.15, -0.1) is 0 Å². The average molecular weight is 111 g/mol. The van der Waals surface area contributed by atoms with E-state index in [0.717, 1.165) is 0 Å². The Balaban J connectivity index is 2.77. The highest BCUT2D eigenvalue weighted by molar-refractivity contribution is 5.96. The summed E-state index contributed by atoms with van der Waals surface area (Å²) in [6, 6.07) is 1.78. The van der Waals surface area contributed by atoms with Gasteiger partial charge in [0, 0.05) is 0 Å². The van der Waals surface area contributed by atoms with Gasteiger partial charge in [0.05, 0.1) is 6.54 Å².